The van der Waals surface area contributed by atoms with Gasteiger partial charge in [-0.25, -0.2) is 4.98 Å². The first-order chi connectivity index (χ1) is 13.7. The van der Waals surface area contributed by atoms with Gasteiger partial charge in [0.2, 0.25) is 5.95 Å². The molecule has 3 aromatic carbocycles. The largest absolute Gasteiger partial charge is 0.496 e. The van der Waals surface area contributed by atoms with Crippen molar-refractivity contribution < 1.29 is 9.47 Å². The monoisotopic (exact) mass is 372 g/mol. The van der Waals surface area contributed by atoms with Gasteiger partial charge in [0.05, 0.1) is 25.3 Å². The number of aryl methyl sites for hydroxylation is 1. The third-order valence-corrected chi connectivity index (χ3v) is 4.50. The van der Waals surface area contributed by atoms with Crippen molar-refractivity contribution in [1.82, 2.24) is 15.2 Å². The Kier molecular flexibility index (Phi) is 4.76. The highest BCUT2D eigenvalue weighted by molar-refractivity contribution is 5.88. The van der Waals surface area contributed by atoms with E-state index in [-0.39, 0.29) is 0 Å². The fourth-order valence-corrected chi connectivity index (χ4v) is 3.20. The zero-order valence-electron chi connectivity index (χ0n) is 15.9. The van der Waals surface area contributed by atoms with E-state index in [0.717, 1.165) is 39.4 Å². The Hall–Kier alpha value is -3.67. The Labute approximate surface area is 163 Å². The number of nitrogens with one attached hydrogen (secondary N) is 1. The molecule has 1 heterocycles. The lowest BCUT2D eigenvalue weighted by Gasteiger charge is -2.14. The van der Waals surface area contributed by atoms with E-state index in [2.05, 4.69) is 26.6 Å². The fraction of sp³-hybridized carbons (Fsp3) is 0.136. The Morgan fingerprint density at radius 1 is 0.821 bits per heavy atom. The molecule has 0 atom stereocenters. The van der Waals surface area contributed by atoms with Gasteiger partial charge in [-0.05, 0) is 54.4 Å². The van der Waals surface area contributed by atoms with Gasteiger partial charge in [-0.2, -0.15) is 0 Å². The van der Waals surface area contributed by atoms with Crippen molar-refractivity contribution in [2.75, 3.05) is 19.5 Å². The number of rotatable bonds is 5. The van der Waals surface area contributed by atoms with E-state index < -0.39 is 0 Å². The summed E-state index contributed by atoms with van der Waals surface area (Å²) in [6.07, 6.45) is 0. The Bertz CT molecular complexity index is 1110. The molecule has 0 saturated heterocycles. The minimum absolute atomic E-state index is 0.462. The average Bonchev–Trinajstić information content (AvgIpc) is 2.74. The molecular weight excluding hydrogens is 352 g/mol. The molecule has 6 nitrogen and oxygen atoms in total. The first kappa shape index (κ1) is 17.7. The molecule has 6 heteroatoms. The van der Waals surface area contributed by atoms with Crippen LogP contribution in [-0.2, 0) is 0 Å². The molecule has 0 bridgehead atoms. The van der Waals surface area contributed by atoms with Crippen LogP contribution in [0.5, 0.6) is 11.5 Å². The number of fused-ring (bicyclic) bond motifs is 1. The maximum atomic E-state index is 5.54. The number of aromatic nitrogens is 3. The van der Waals surface area contributed by atoms with Crippen molar-refractivity contribution in [2.45, 2.75) is 6.92 Å². The molecule has 4 aromatic rings. The van der Waals surface area contributed by atoms with Crippen LogP contribution in [0.4, 0.5) is 11.6 Å². The summed E-state index contributed by atoms with van der Waals surface area (Å²) in [5, 5.41) is 11.8. The molecule has 0 saturated carbocycles. The van der Waals surface area contributed by atoms with Crippen molar-refractivity contribution in [3.05, 3.63) is 66.2 Å². The van der Waals surface area contributed by atoms with Crippen molar-refractivity contribution in [3.8, 4) is 22.6 Å². The molecular formula is C22H20N4O2. The molecule has 1 aromatic heterocycles. The van der Waals surface area contributed by atoms with Crippen molar-refractivity contribution >= 4 is 22.7 Å². The molecule has 4 rings (SSSR count). The Balaban J connectivity index is 1.79. The van der Waals surface area contributed by atoms with Crippen LogP contribution in [0.2, 0.25) is 0 Å². The van der Waals surface area contributed by atoms with E-state index in [0.29, 0.717) is 11.5 Å². The average molecular weight is 372 g/mol. The lowest BCUT2D eigenvalue weighted by atomic mass is 10.00. The molecule has 0 aliphatic carbocycles. The normalized spacial score (nSPS) is 10.7. The quantitative estimate of drug-likeness (QED) is 0.545. The summed E-state index contributed by atoms with van der Waals surface area (Å²) in [5.74, 6) is 1.94. The van der Waals surface area contributed by atoms with Crippen LogP contribution in [-0.4, -0.2) is 29.4 Å². The second kappa shape index (κ2) is 7.52. The van der Waals surface area contributed by atoms with Gasteiger partial charge >= 0.3 is 0 Å². The molecule has 140 valence electrons. The third kappa shape index (κ3) is 3.32. The summed E-state index contributed by atoms with van der Waals surface area (Å²) in [6.45, 7) is 2.01. The SMILES string of the molecule is COc1cccc(OC)c1-c1cc(C)c2nc(Nc3ccccc3)nnc2c1. The lowest BCUT2D eigenvalue weighted by molar-refractivity contribution is 0.397. The molecule has 28 heavy (non-hydrogen) atoms. The summed E-state index contributed by atoms with van der Waals surface area (Å²) in [5.41, 5.74) is 5.24. The topological polar surface area (TPSA) is 69.2 Å². The molecule has 0 amide bonds. The van der Waals surface area contributed by atoms with Crippen molar-refractivity contribution in [3.63, 3.8) is 0 Å². The minimum Gasteiger partial charge on any atom is -0.496 e. The predicted octanol–water partition coefficient (Wildman–Crippen LogP) is 4.76. The van der Waals surface area contributed by atoms with Crippen LogP contribution in [0.1, 0.15) is 5.56 Å². The number of hydrogen-bond donors (Lipinski definition) is 1. The molecule has 0 aliphatic heterocycles. The fourth-order valence-electron chi connectivity index (χ4n) is 3.20. The highest BCUT2D eigenvalue weighted by Crippen LogP contribution is 2.39. The maximum absolute atomic E-state index is 5.54. The lowest BCUT2D eigenvalue weighted by Crippen LogP contribution is -2.01. The van der Waals surface area contributed by atoms with Crippen LogP contribution >= 0.6 is 0 Å². The number of methoxy groups -OCH3 is 2. The van der Waals surface area contributed by atoms with Crippen LogP contribution in [0.3, 0.4) is 0 Å². The van der Waals surface area contributed by atoms with E-state index in [4.69, 9.17) is 9.47 Å². The van der Waals surface area contributed by atoms with E-state index in [9.17, 15) is 0 Å². The van der Waals surface area contributed by atoms with Crippen LogP contribution in [0.15, 0.2) is 60.7 Å². The predicted molar refractivity (Wildman–Crippen MR) is 110 cm³/mol. The Morgan fingerprint density at radius 3 is 2.21 bits per heavy atom. The number of ether oxygens (including phenoxy) is 2. The molecule has 0 radical (unpaired) electrons. The van der Waals surface area contributed by atoms with E-state index in [1.165, 1.54) is 0 Å². The van der Waals surface area contributed by atoms with E-state index in [1.54, 1.807) is 14.2 Å². The number of benzene rings is 3. The molecule has 1 N–H and O–H groups in total. The van der Waals surface area contributed by atoms with Gasteiger partial charge < -0.3 is 14.8 Å². The number of anilines is 2. The zero-order valence-corrected chi connectivity index (χ0v) is 15.9. The summed E-state index contributed by atoms with van der Waals surface area (Å²) in [6, 6.07) is 19.5. The van der Waals surface area contributed by atoms with Crippen LogP contribution in [0.25, 0.3) is 22.2 Å². The summed E-state index contributed by atoms with van der Waals surface area (Å²) >= 11 is 0. The van der Waals surface area contributed by atoms with E-state index in [1.807, 2.05) is 61.5 Å². The summed E-state index contributed by atoms with van der Waals surface area (Å²) in [4.78, 5) is 4.64. The number of para-hydroxylation sites is 1. The van der Waals surface area contributed by atoms with Gasteiger partial charge in [-0.15, -0.1) is 10.2 Å². The summed E-state index contributed by atoms with van der Waals surface area (Å²) < 4.78 is 11.1. The first-order valence-electron chi connectivity index (χ1n) is 8.88. The standard InChI is InChI=1S/C22H20N4O2/c1-14-12-15(20-18(27-2)10-7-11-19(20)28-3)13-17-21(14)24-22(26-25-17)23-16-8-5-4-6-9-16/h4-13H,1-3H3,(H,23,24,26). The second-order valence-electron chi connectivity index (χ2n) is 6.32. The van der Waals surface area contributed by atoms with Crippen LogP contribution in [0, 0.1) is 6.92 Å². The van der Waals surface area contributed by atoms with Gasteiger partial charge in [0, 0.05) is 5.69 Å². The molecule has 0 spiro atoms. The number of hydrogen-bond acceptors (Lipinski definition) is 6. The number of nitrogens with zero attached hydrogens (tertiary/aromatic N) is 3. The van der Waals surface area contributed by atoms with Gasteiger partial charge in [0.15, 0.2) is 0 Å². The highest BCUT2D eigenvalue weighted by atomic mass is 16.5. The van der Waals surface area contributed by atoms with Gasteiger partial charge in [-0.1, -0.05) is 24.3 Å². The smallest absolute Gasteiger partial charge is 0.247 e. The minimum atomic E-state index is 0.462. The first-order valence-corrected chi connectivity index (χ1v) is 8.88. The zero-order chi connectivity index (χ0) is 19.5. The Morgan fingerprint density at radius 2 is 1.54 bits per heavy atom. The third-order valence-electron chi connectivity index (χ3n) is 4.50. The molecule has 0 aliphatic rings. The highest BCUT2D eigenvalue weighted by Gasteiger charge is 2.15. The van der Waals surface area contributed by atoms with Crippen molar-refractivity contribution in [1.29, 1.82) is 0 Å². The van der Waals surface area contributed by atoms with Gasteiger partial charge in [-0.3, -0.25) is 0 Å². The maximum Gasteiger partial charge on any atom is 0.247 e. The van der Waals surface area contributed by atoms with E-state index >= 15 is 0 Å². The van der Waals surface area contributed by atoms with Crippen LogP contribution < -0.4 is 14.8 Å². The molecule has 0 unspecified atom stereocenters. The summed E-state index contributed by atoms with van der Waals surface area (Å²) in [7, 11) is 3.30. The second-order valence-corrected chi connectivity index (χ2v) is 6.32. The van der Waals surface area contributed by atoms with Gasteiger partial charge in [0.25, 0.3) is 0 Å². The molecule has 0 fully saturated rings. The van der Waals surface area contributed by atoms with Gasteiger partial charge in [0.1, 0.15) is 17.0 Å². The van der Waals surface area contributed by atoms with Crippen molar-refractivity contribution in [2.24, 2.45) is 0 Å².